The summed E-state index contributed by atoms with van der Waals surface area (Å²) in [4.78, 5) is 26.4. The van der Waals surface area contributed by atoms with Gasteiger partial charge in [0.15, 0.2) is 0 Å². The first-order valence-corrected chi connectivity index (χ1v) is 9.43. The second kappa shape index (κ2) is 7.85. The van der Waals surface area contributed by atoms with Crippen LogP contribution >= 0.6 is 11.3 Å². The molecule has 0 spiro atoms. The monoisotopic (exact) mass is 399 g/mol. The van der Waals surface area contributed by atoms with Crippen LogP contribution in [0.25, 0.3) is 10.6 Å². The molecule has 1 aromatic carbocycles. The number of nitrogens with one attached hydrogen (secondary N) is 1. The Hall–Kier alpha value is -3.13. The summed E-state index contributed by atoms with van der Waals surface area (Å²) in [5, 5.41) is 9.17. The number of amides is 1. The number of hydrogen-bond acceptors (Lipinski definition) is 6. The van der Waals surface area contributed by atoms with Gasteiger partial charge in [0.05, 0.1) is 24.8 Å². The predicted molar refractivity (Wildman–Crippen MR) is 109 cm³/mol. The first kappa shape index (κ1) is 19.6. The number of rotatable bonds is 6. The Bertz CT molecular complexity index is 1040. The van der Waals surface area contributed by atoms with Gasteiger partial charge in [0.1, 0.15) is 22.7 Å². The summed E-state index contributed by atoms with van der Waals surface area (Å²) in [6, 6.07) is 12.0. The summed E-state index contributed by atoms with van der Waals surface area (Å²) in [7, 11) is 3.05. The summed E-state index contributed by atoms with van der Waals surface area (Å²) < 4.78 is 11.7. The highest BCUT2D eigenvalue weighted by molar-refractivity contribution is 7.13. The predicted octanol–water partition coefficient (Wildman–Crippen LogP) is 3.36. The summed E-state index contributed by atoms with van der Waals surface area (Å²) in [6.45, 7) is 3.28. The molecule has 0 aliphatic rings. The molecule has 0 radical (unpaired) electrons. The van der Waals surface area contributed by atoms with Crippen molar-refractivity contribution in [2.45, 2.75) is 19.4 Å². The molecule has 3 rings (SSSR count). The highest BCUT2D eigenvalue weighted by atomic mass is 32.1. The Morgan fingerprint density at radius 1 is 1.14 bits per heavy atom. The van der Waals surface area contributed by atoms with Crippen LogP contribution in [-0.4, -0.2) is 29.9 Å². The van der Waals surface area contributed by atoms with Gasteiger partial charge in [-0.25, -0.2) is 4.68 Å². The van der Waals surface area contributed by atoms with Crippen LogP contribution in [0.2, 0.25) is 0 Å². The summed E-state index contributed by atoms with van der Waals surface area (Å²) in [5.74, 6) is 0.651. The van der Waals surface area contributed by atoms with Gasteiger partial charge in [-0.05, 0) is 43.5 Å². The van der Waals surface area contributed by atoms with Gasteiger partial charge in [-0.2, -0.15) is 5.10 Å². The van der Waals surface area contributed by atoms with E-state index in [1.807, 2.05) is 17.5 Å². The average molecular weight is 399 g/mol. The number of aromatic nitrogens is 2. The maximum absolute atomic E-state index is 13.0. The molecule has 1 amide bonds. The quantitative estimate of drug-likeness (QED) is 0.687. The van der Waals surface area contributed by atoms with E-state index in [0.29, 0.717) is 22.9 Å². The molecule has 0 aliphatic heterocycles. The van der Waals surface area contributed by atoms with Crippen LogP contribution in [0.15, 0.2) is 52.6 Å². The average Bonchev–Trinajstić information content (AvgIpc) is 3.22. The van der Waals surface area contributed by atoms with E-state index in [1.165, 1.54) is 36.3 Å². The lowest BCUT2D eigenvalue weighted by Gasteiger charge is -2.25. The third-order valence-electron chi connectivity index (χ3n) is 4.31. The molecule has 2 heterocycles. The van der Waals surface area contributed by atoms with Crippen LogP contribution in [0, 0.1) is 0 Å². The lowest BCUT2D eigenvalue weighted by Crippen LogP contribution is -2.47. The Morgan fingerprint density at radius 2 is 1.93 bits per heavy atom. The van der Waals surface area contributed by atoms with Crippen molar-refractivity contribution in [2.24, 2.45) is 0 Å². The van der Waals surface area contributed by atoms with Crippen LogP contribution in [0.1, 0.15) is 13.8 Å². The lowest BCUT2D eigenvalue weighted by atomic mass is 10.0. The van der Waals surface area contributed by atoms with Crippen LogP contribution in [0.5, 0.6) is 11.5 Å². The molecule has 0 bridgehead atoms. The summed E-state index contributed by atoms with van der Waals surface area (Å²) >= 11 is 1.51. The molecule has 7 nitrogen and oxygen atoms in total. The zero-order valence-electron chi connectivity index (χ0n) is 16.1. The fourth-order valence-electron chi connectivity index (χ4n) is 2.65. The number of carbonyl (C=O) groups is 1. The van der Waals surface area contributed by atoms with Crippen LogP contribution in [0.4, 0.5) is 5.69 Å². The highest BCUT2D eigenvalue weighted by Crippen LogP contribution is 2.30. The van der Waals surface area contributed by atoms with Gasteiger partial charge in [-0.1, -0.05) is 6.07 Å². The summed E-state index contributed by atoms with van der Waals surface area (Å²) in [6.07, 6.45) is 0. The standard InChI is InChI=1S/C20H21N3O4S/c1-20(2,19(25)21-15-12-13(26-3)7-9-16(15)27-4)23-18(24)10-8-14(22-23)17-6-5-11-28-17/h5-12H,1-4H3,(H,21,25). The zero-order chi connectivity index (χ0) is 20.3. The molecular weight excluding hydrogens is 378 g/mol. The van der Waals surface area contributed by atoms with Crippen LogP contribution in [0.3, 0.4) is 0 Å². The maximum atomic E-state index is 13.0. The minimum atomic E-state index is -1.24. The molecule has 0 saturated heterocycles. The van der Waals surface area contributed by atoms with Gasteiger partial charge in [-0.3, -0.25) is 9.59 Å². The third kappa shape index (κ3) is 3.77. The van der Waals surface area contributed by atoms with E-state index in [0.717, 1.165) is 4.88 Å². The van der Waals surface area contributed by atoms with E-state index < -0.39 is 11.4 Å². The Labute approximate surface area is 166 Å². The number of methoxy groups -OCH3 is 2. The number of thiophene rings is 1. The topological polar surface area (TPSA) is 82.4 Å². The number of ether oxygens (including phenoxy) is 2. The summed E-state index contributed by atoms with van der Waals surface area (Å²) in [5.41, 5.74) is -0.520. The molecule has 3 aromatic rings. The van der Waals surface area contributed by atoms with Gasteiger partial charge in [0.2, 0.25) is 0 Å². The number of anilines is 1. The molecule has 8 heteroatoms. The first-order chi connectivity index (χ1) is 13.4. The molecule has 0 fully saturated rings. The minimum Gasteiger partial charge on any atom is -0.497 e. The Kier molecular flexibility index (Phi) is 5.51. The van der Waals surface area contributed by atoms with Crippen molar-refractivity contribution >= 4 is 22.9 Å². The fourth-order valence-corrected chi connectivity index (χ4v) is 3.34. The largest absolute Gasteiger partial charge is 0.497 e. The SMILES string of the molecule is COc1ccc(OC)c(NC(=O)C(C)(C)n2nc(-c3cccs3)ccc2=O)c1. The molecule has 28 heavy (non-hydrogen) atoms. The smallest absolute Gasteiger partial charge is 0.267 e. The molecule has 0 saturated carbocycles. The van der Waals surface area contributed by atoms with Crippen molar-refractivity contribution in [2.75, 3.05) is 19.5 Å². The molecule has 0 atom stereocenters. The number of nitrogens with zero attached hydrogens (tertiary/aromatic N) is 2. The van der Waals surface area contributed by atoms with Crippen molar-refractivity contribution in [3.05, 3.63) is 58.2 Å². The molecule has 0 unspecified atom stereocenters. The lowest BCUT2D eigenvalue weighted by molar-refractivity contribution is -0.123. The van der Waals surface area contributed by atoms with E-state index in [-0.39, 0.29) is 5.56 Å². The van der Waals surface area contributed by atoms with E-state index in [1.54, 1.807) is 38.1 Å². The molecular formula is C20H21N3O4S. The first-order valence-electron chi connectivity index (χ1n) is 8.55. The van der Waals surface area contributed by atoms with Gasteiger partial charge in [0.25, 0.3) is 11.5 Å². The van der Waals surface area contributed by atoms with Gasteiger partial charge in [-0.15, -0.1) is 11.3 Å². The molecule has 2 aromatic heterocycles. The molecule has 0 aliphatic carbocycles. The highest BCUT2D eigenvalue weighted by Gasteiger charge is 2.33. The fraction of sp³-hybridized carbons (Fsp3) is 0.250. The third-order valence-corrected chi connectivity index (χ3v) is 5.21. The van der Waals surface area contributed by atoms with Crippen molar-refractivity contribution in [1.82, 2.24) is 9.78 Å². The van der Waals surface area contributed by atoms with Gasteiger partial charge in [0, 0.05) is 12.1 Å². The van der Waals surface area contributed by atoms with E-state index in [9.17, 15) is 9.59 Å². The zero-order valence-corrected chi connectivity index (χ0v) is 16.9. The van der Waals surface area contributed by atoms with Crippen molar-refractivity contribution < 1.29 is 14.3 Å². The van der Waals surface area contributed by atoms with Crippen LogP contribution in [-0.2, 0) is 10.3 Å². The Balaban J connectivity index is 1.96. The van der Waals surface area contributed by atoms with E-state index >= 15 is 0 Å². The van der Waals surface area contributed by atoms with Gasteiger partial charge < -0.3 is 14.8 Å². The second-order valence-electron chi connectivity index (χ2n) is 6.53. The molecule has 1 N–H and O–H groups in total. The Morgan fingerprint density at radius 3 is 2.57 bits per heavy atom. The van der Waals surface area contributed by atoms with Crippen molar-refractivity contribution in [3.63, 3.8) is 0 Å². The normalized spacial score (nSPS) is 11.1. The van der Waals surface area contributed by atoms with Crippen LogP contribution < -0.4 is 20.3 Å². The number of hydrogen-bond donors (Lipinski definition) is 1. The van der Waals surface area contributed by atoms with E-state index in [4.69, 9.17) is 9.47 Å². The van der Waals surface area contributed by atoms with Crippen molar-refractivity contribution in [3.8, 4) is 22.1 Å². The maximum Gasteiger partial charge on any atom is 0.267 e. The number of benzene rings is 1. The van der Waals surface area contributed by atoms with Gasteiger partial charge >= 0.3 is 0 Å². The van der Waals surface area contributed by atoms with Crippen molar-refractivity contribution in [1.29, 1.82) is 0 Å². The number of carbonyl (C=O) groups excluding carboxylic acids is 1. The minimum absolute atomic E-state index is 0.363. The molecule has 146 valence electrons. The van der Waals surface area contributed by atoms with E-state index in [2.05, 4.69) is 10.4 Å². The second-order valence-corrected chi connectivity index (χ2v) is 7.47.